The van der Waals surface area contributed by atoms with E-state index in [0.29, 0.717) is 5.92 Å². The first-order chi connectivity index (χ1) is 6.20. The topological polar surface area (TPSA) is 23.8 Å². The van der Waals surface area contributed by atoms with E-state index in [1.54, 1.807) is 0 Å². The molecule has 1 fully saturated rings. The maximum absolute atomic E-state index is 9.15. The minimum absolute atomic E-state index is 0.161. The second-order valence-electron chi connectivity index (χ2n) is 4.00. The lowest BCUT2D eigenvalue weighted by atomic mass is 9.91. The van der Waals surface area contributed by atoms with Crippen LogP contribution in [0.5, 0.6) is 0 Å². The van der Waals surface area contributed by atoms with Crippen LogP contribution in [0.15, 0.2) is 24.3 Å². The summed E-state index contributed by atoms with van der Waals surface area (Å²) in [6.45, 7) is 4.23. The minimum atomic E-state index is -0.161. The van der Waals surface area contributed by atoms with Gasteiger partial charge in [-0.2, -0.15) is 5.26 Å². The van der Waals surface area contributed by atoms with E-state index in [2.05, 4.69) is 32.0 Å². The molecule has 13 heavy (non-hydrogen) atoms. The van der Waals surface area contributed by atoms with Gasteiger partial charge in [0.2, 0.25) is 0 Å². The van der Waals surface area contributed by atoms with Crippen LogP contribution in [0.25, 0.3) is 0 Å². The van der Waals surface area contributed by atoms with Crippen molar-refractivity contribution in [3.05, 3.63) is 35.4 Å². The predicted molar refractivity (Wildman–Crippen MR) is 52.3 cm³/mol. The summed E-state index contributed by atoms with van der Waals surface area (Å²) in [6.07, 6.45) is 1.02. The van der Waals surface area contributed by atoms with E-state index in [1.807, 2.05) is 12.1 Å². The summed E-state index contributed by atoms with van der Waals surface area (Å²) in [4.78, 5) is 0. The zero-order valence-electron chi connectivity index (χ0n) is 8.04. The van der Waals surface area contributed by atoms with Crippen LogP contribution < -0.4 is 0 Å². The number of benzene rings is 1. The van der Waals surface area contributed by atoms with Gasteiger partial charge in [-0.1, -0.05) is 31.2 Å². The largest absolute Gasteiger partial charge is 0.197 e. The molecule has 1 nitrogen and oxygen atoms in total. The summed E-state index contributed by atoms with van der Waals surface area (Å²) in [5.41, 5.74) is 2.31. The molecule has 0 heterocycles. The Labute approximate surface area is 79.0 Å². The molecule has 2 rings (SSSR count). The van der Waals surface area contributed by atoms with Crippen molar-refractivity contribution in [3.63, 3.8) is 0 Å². The molecule has 0 N–H and O–H groups in total. The van der Waals surface area contributed by atoms with Crippen LogP contribution in [0.1, 0.15) is 24.5 Å². The van der Waals surface area contributed by atoms with E-state index in [-0.39, 0.29) is 5.41 Å². The maximum atomic E-state index is 9.15. The smallest absolute Gasteiger partial charge is 0.0854 e. The molecule has 1 aliphatic rings. The van der Waals surface area contributed by atoms with Gasteiger partial charge in [0.15, 0.2) is 0 Å². The first-order valence-electron chi connectivity index (χ1n) is 4.68. The lowest BCUT2D eigenvalue weighted by molar-refractivity contribution is 0.785. The van der Waals surface area contributed by atoms with Gasteiger partial charge in [0.25, 0.3) is 0 Å². The molecule has 0 radical (unpaired) electrons. The van der Waals surface area contributed by atoms with Gasteiger partial charge in [-0.05, 0) is 30.4 Å². The van der Waals surface area contributed by atoms with Crippen molar-refractivity contribution in [2.75, 3.05) is 0 Å². The summed E-state index contributed by atoms with van der Waals surface area (Å²) in [5, 5.41) is 9.15. The van der Waals surface area contributed by atoms with Crippen LogP contribution in [0.2, 0.25) is 0 Å². The quantitative estimate of drug-likeness (QED) is 0.637. The standard InChI is InChI=1S/C12H13N/c1-9-5-3-4-6-11(9)12(8-13)7-10(12)2/h3-6,10H,7H2,1-2H3. The van der Waals surface area contributed by atoms with Gasteiger partial charge in [-0.25, -0.2) is 0 Å². The molecule has 2 unspecified atom stereocenters. The van der Waals surface area contributed by atoms with Crippen molar-refractivity contribution in [2.45, 2.75) is 25.7 Å². The van der Waals surface area contributed by atoms with Crippen LogP contribution >= 0.6 is 0 Å². The number of rotatable bonds is 1. The Balaban J connectivity index is 2.48. The van der Waals surface area contributed by atoms with E-state index in [4.69, 9.17) is 5.26 Å². The molecule has 0 spiro atoms. The number of nitriles is 1. The van der Waals surface area contributed by atoms with E-state index in [0.717, 1.165) is 6.42 Å². The summed E-state index contributed by atoms with van der Waals surface area (Å²) < 4.78 is 0. The first-order valence-corrected chi connectivity index (χ1v) is 4.68. The lowest BCUT2D eigenvalue weighted by Crippen LogP contribution is -2.07. The molecule has 0 saturated heterocycles. The highest BCUT2D eigenvalue weighted by atomic mass is 14.6. The third-order valence-corrected chi connectivity index (χ3v) is 3.13. The number of nitrogens with zero attached hydrogens (tertiary/aromatic N) is 1. The fourth-order valence-corrected chi connectivity index (χ4v) is 2.09. The number of hydrogen-bond donors (Lipinski definition) is 0. The first kappa shape index (κ1) is 8.31. The summed E-state index contributed by atoms with van der Waals surface area (Å²) in [6, 6.07) is 10.7. The van der Waals surface area contributed by atoms with E-state index in [1.165, 1.54) is 11.1 Å². The highest BCUT2D eigenvalue weighted by molar-refractivity contribution is 5.45. The third kappa shape index (κ3) is 1.06. The Bertz CT molecular complexity index is 375. The SMILES string of the molecule is Cc1ccccc1C1(C#N)CC1C. The Morgan fingerprint density at radius 2 is 2.08 bits per heavy atom. The highest BCUT2D eigenvalue weighted by Gasteiger charge is 2.53. The Kier molecular flexibility index (Phi) is 1.66. The zero-order valence-corrected chi connectivity index (χ0v) is 8.04. The molecule has 0 amide bonds. The van der Waals surface area contributed by atoms with Crippen LogP contribution in [-0.4, -0.2) is 0 Å². The van der Waals surface area contributed by atoms with Gasteiger partial charge in [0.05, 0.1) is 11.5 Å². The lowest BCUT2D eigenvalue weighted by Gasteiger charge is -2.10. The minimum Gasteiger partial charge on any atom is -0.197 e. The number of aryl methyl sites for hydroxylation is 1. The normalized spacial score (nSPS) is 31.0. The van der Waals surface area contributed by atoms with Crippen LogP contribution in [0.4, 0.5) is 0 Å². The molecule has 1 saturated carbocycles. The number of hydrogen-bond acceptors (Lipinski definition) is 1. The molecule has 1 heteroatoms. The van der Waals surface area contributed by atoms with Gasteiger partial charge in [-0.15, -0.1) is 0 Å². The second-order valence-corrected chi connectivity index (χ2v) is 4.00. The summed E-state index contributed by atoms with van der Waals surface area (Å²) in [7, 11) is 0. The predicted octanol–water partition coefficient (Wildman–Crippen LogP) is 2.80. The van der Waals surface area contributed by atoms with Crippen molar-refractivity contribution in [3.8, 4) is 6.07 Å². The molecule has 2 atom stereocenters. The van der Waals surface area contributed by atoms with Crippen molar-refractivity contribution in [2.24, 2.45) is 5.92 Å². The molecule has 1 aliphatic carbocycles. The van der Waals surface area contributed by atoms with Crippen molar-refractivity contribution >= 4 is 0 Å². The molecular formula is C12H13N. The zero-order chi connectivity index (χ0) is 9.47. The average Bonchev–Trinajstić information content (AvgIpc) is 2.79. The van der Waals surface area contributed by atoms with Gasteiger partial charge in [0.1, 0.15) is 0 Å². The van der Waals surface area contributed by atoms with Gasteiger partial charge in [-0.3, -0.25) is 0 Å². The molecule has 66 valence electrons. The maximum Gasteiger partial charge on any atom is 0.0854 e. The molecule has 0 aromatic heterocycles. The molecule has 1 aromatic rings. The molecule has 0 bridgehead atoms. The molecular weight excluding hydrogens is 158 g/mol. The fraction of sp³-hybridized carbons (Fsp3) is 0.417. The van der Waals surface area contributed by atoms with Crippen LogP contribution in [0, 0.1) is 24.2 Å². The van der Waals surface area contributed by atoms with E-state index in [9.17, 15) is 0 Å². The van der Waals surface area contributed by atoms with Crippen molar-refractivity contribution < 1.29 is 0 Å². The summed E-state index contributed by atoms with van der Waals surface area (Å²) >= 11 is 0. The second kappa shape index (κ2) is 2.60. The Morgan fingerprint density at radius 1 is 1.46 bits per heavy atom. The highest BCUT2D eigenvalue weighted by Crippen LogP contribution is 2.54. The monoisotopic (exact) mass is 171 g/mol. The van der Waals surface area contributed by atoms with E-state index < -0.39 is 0 Å². The third-order valence-electron chi connectivity index (χ3n) is 3.13. The fourth-order valence-electron chi connectivity index (χ4n) is 2.09. The van der Waals surface area contributed by atoms with Crippen molar-refractivity contribution in [1.29, 1.82) is 5.26 Å². The van der Waals surface area contributed by atoms with Crippen LogP contribution in [-0.2, 0) is 5.41 Å². The summed E-state index contributed by atoms with van der Waals surface area (Å²) in [5.74, 6) is 0.526. The Hall–Kier alpha value is -1.29. The van der Waals surface area contributed by atoms with Gasteiger partial charge >= 0.3 is 0 Å². The average molecular weight is 171 g/mol. The van der Waals surface area contributed by atoms with Crippen molar-refractivity contribution in [1.82, 2.24) is 0 Å². The Morgan fingerprint density at radius 3 is 2.54 bits per heavy atom. The molecule has 1 aromatic carbocycles. The van der Waals surface area contributed by atoms with Gasteiger partial charge in [0, 0.05) is 0 Å². The van der Waals surface area contributed by atoms with Crippen LogP contribution in [0.3, 0.4) is 0 Å². The van der Waals surface area contributed by atoms with Gasteiger partial charge < -0.3 is 0 Å². The molecule has 0 aliphatic heterocycles. The van der Waals surface area contributed by atoms with E-state index >= 15 is 0 Å².